The minimum absolute atomic E-state index is 0.235. The minimum Gasteiger partial charge on any atom is -0.325 e. The van der Waals surface area contributed by atoms with Crippen molar-refractivity contribution in [1.29, 1.82) is 0 Å². The molecule has 30 heavy (non-hydrogen) atoms. The van der Waals surface area contributed by atoms with E-state index in [1.807, 2.05) is 25.1 Å². The Hall–Kier alpha value is -4.20. The molecule has 0 radical (unpaired) electrons. The van der Waals surface area contributed by atoms with Gasteiger partial charge in [0.2, 0.25) is 5.95 Å². The molecule has 2 heterocycles. The van der Waals surface area contributed by atoms with Gasteiger partial charge in [0.05, 0.1) is 22.7 Å². The van der Waals surface area contributed by atoms with Gasteiger partial charge in [0.15, 0.2) is 0 Å². The van der Waals surface area contributed by atoms with Crippen LogP contribution in [0.4, 0.5) is 21.7 Å². The molecule has 4 N–H and O–H groups in total. The van der Waals surface area contributed by atoms with E-state index in [1.54, 1.807) is 30.5 Å². The first-order valence-electron chi connectivity index (χ1n) is 9.32. The highest BCUT2D eigenvalue weighted by Gasteiger charge is 2.11. The number of hydrogen-bond donors (Lipinski definition) is 4. The van der Waals surface area contributed by atoms with E-state index < -0.39 is 0 Å². The summed E-state index contributed by atoms with van der Waals surface area (Å²) >= 11 is 0. The lowest BCUT2D eigenvalue weighted by atomic mass is 10.1. The minimum atomic E-state index is -0.327. The molecule has 0 saturated carbocycles. The summed E-state index contributed by atoms with van der Waals surface area (Å²) in [4.78, 5) is 20.3. The Morgan fingerprint density at radius 3 is 2.83 bits per heavy atom. The number of anilines is 3. The molecule has 0 aliphatic heterocycles. The predicted octanol–water partition coefficient (Wildman–Crippen LogP) is 4.88. The number of amides is 1. The average Bonchev–Trinajstić information content (AvgIpc) is 3.35. The summed E-state index contributed by atoms with van der Waals surface area (Å²) in [7, 11) is 0. The number of H-pyrrole nitrogens is 2. The summed E-state index contributed by atoms with van der Waals surface area (Å²) in [5.41, 5.74) is 4.92. The molecular weight excluding hydrogens is 383 g/mol. The van der Waals surface area contributed by atoms with E-state index in [0.717, 1.165) is 16.5 Å². The van der Waals surface area contributed by atoms with Crippen LogP contribution in [0.1, 0.15) is 15.9 Å². The van der Waals surface area contributed by atoms with Crippen LogP contribution >= 0.6 is 0 Å². The van der Waals surface area contributed by atoms with Crippen LogP contribution in [-0.2, 0) is 0 Å². The van der Waals surface area contributed by atoms with Crippen molar-refractivity contribution in [3.8, 4) is 0 Å². The van der Waals surface area contributed by atoms with E-state index in [1.165, 1.54) is 12.1 Å². The summed E-state index contributed by atoms with van der Waals surface area (Å²) in [5.74, 6) is -0.0895. The SMILES string of the molecule is Cc1ccc(F)cc1Nc1nc2ccc(C(=O)Nc3ccc4cn[nH]c4c3)cc2[nH]1. The fraction of sp³-hybridized carbons (Fsp3) is 0.0455. The molecule has 0 bridgehead atoms. The van der Waals surface area contributed by atoms with Gasteiger partial charge in [0.1, 0.15) is 5.82 Å². The fourth-order valence-electron chi connectivity index (χ4n) is 3.28. The third kappa shape index (κ3) is 3.35. The molecule has 1 amide bonds. The van der Waals surface area contributed by atoms with E-state index in [9.17, 15) is 9.18 Å². The first-order valence-corrected chi connectivity index (χ1v) is 9.32. The maximum absolute atomic E-state index is 13.5. The Bertz CT molecular complexity index is 1400. The maximum Gasteiger partial charge on any atom is 0.255 e. The molecule has 0 unspecified atom stereocenters. The summed E-state index contributed by atoms with van der Waals surface area (Å²) in [6.07, 6.45) is 1.73. The number of halogens is 1. The second-order valence-corrected chi connectivity index (χ2v) is 7.03. The molecule has 3 aromatic carbocycles. The number of benzene rings is 3. The third-order valence-electron chi connectivity index (χ3n) is 4.90. The van der Waals surface area contributed by atoms with Crippen molar-refractivity contribution in [3.63, 3.8) is 0 Å². The number of rotatable bonds is 4. The second kappa shape index (κ2) is 7.00. The van der Waals surface area contributed by atoms with Crippen LogP contribution in [0.15, 0.2) is 60.8 Å². The van der Waals surface area contributed by atoms with Crippen LogP contribution < -0.4 is 10.6 Å². The van der Waals surface area contributed by atoms with E-state index >= 15 is 0 Å². The van der Waals surface area contributed by atoms with Crippen molar-refractivity contribution in [3.05, 3.63) is 77.7 Å². The number of nitrogens with zero attached hydrogens (tertiary/aromatic N) is 2. The van der Waals surface area contributed by atoms with E-state index in [4.69, 9.17) is 0 Å². The van der Waals surface area contributed by atoms with Crippen LogP contribution in [-0.4, -0.2) is 26.1 Å². The number of carbonyl (C=O) groups excluding carboxylic acids is 1. The predicted molar refractivity (Wildman–Crippen MR) is 115 cm³/mol. The number of fused-ring (bicyclic) bond motifs is 2. The Kier molecular flexibility index (Phi) is 4.17. The molecule has 7 nitrogen and oxygen atoms in total. The molecular formula is C22H17FN6O. The maximum atomic E-state index is 13.5. The van der Waals surface area contributed by atoms with Gasteiger partial charge in [-0.2, -0.15) is 5.10 Å². The average molecular weight is 400 g/mol. The molecule has 2 aromatic heterocycles. The van der Waals surface area contributed by atoms with Crippen molar-refractivity contribution in [1.82, 2.24) is 20.2 Å². The summed E-state index contributed by atoms with van der Waals surface area (Å²) in [6.45, 7) is 1.88. The van der Waals surface area contributed by atoms with Gasteiger partial charge in [0, 0.05) is 22.3 Å². The molecule has 0 aliphatic carbocycles. The number of aryl methyl sites for hydroxylation is 1. The monoisotopic (exact) mass is 400 g/mol. The molecule has 148 valence electrons. The lowest BCUT2D eigenvalue weighted by Crippen LogP contribution is -2.11. The molecule has 5 aromatic rings. The van der Waals surface area contributed by atoms with E-state index in [-0.39, 0.29) is 11.7 Å². The van der Waals surface area contributed by atoms with Crippen LogP contribution in [0.25, 0.3) is 21.9 Å². The van der Waals surface area contributed by atoms with Crippen molar-refractivity contribution >= 4 is 45.2 Å². The van der Waals surface area contributed by atoms with Gasteiger partial charge in [-0.3, -0.25) is 9.89 Å². The first-order chi connectivity index (χ1) is 14.5. The van der Waals surface area contributed by atoms with Crippen molar-refractivity contribution in [2.24, 2.45) is 0 Å². The van der Waals surface area contributed by atoms with Gasteiger partial charge in [-0.15, -0.1) is 0 Å². The molecule has 0 aliphatic rings. The molecule has 5 rings (SSSR count). The smallest absolute Gasteiger partial charge is 0.255 e. The zero-order chi connectivity index (χ0) is 20.7. The zero-order valence-corrected chi connectivity index (χ0v) is 16.0. The Morgan fingerprint density at radius 1 is 1.03 bits per heavy atom. The highest BCUT2D eigenvalue weighted by Crippen LogP contribution is 2.23. The molecule has 0 fully saturated rings. The van der Waals surface area contributed by atoms with Crippen molar-refractivity contribution in [2.75, 3.05) is 10.6 Å². The Balaban J connectivity index is 1.38. The molecule has 0 spiro atoms. The largest absolute Gasteiger partial charge is 0.325 e. The number of carbonyl (C=O) groups is 1. The number of imidazole rings is 1. The number of aromatic amines is 2. The van der Waals surface area contributed by atoms with Gasteiger partial charge < -0.3 is 15.6 Å². The van der Waals surface area contributed by atoms with Crippen molar-refractivity contribution < 1.29 is 9.18 Å². The van der Waals surface area contributed by atoms with Gasteiger partial charge in [-0.25, -0.2) is 9.37 Å². The standard InChI is InChI=1S/C22H17FN6O/c1-12-2-5-15(23)9-18(12)27-22-26-17-7-4-13(8-20(17)28-22)21(30)25-16-6-3-14-11-24-29-19(14)10-16/h2-11H,1H3,(H,24,29)(H,25,30)(H2,26,27,28). The third-order valence-corrected chi connectivity index (χ3v) is 4.90. The molecule has 8 heteroatoms. The van der Waals surface area contributed by atoms with Gasteiger partial charge >= 0.3 is 0 Å². The zero-order valence-electron chi connectivity index (χ0n) is 16.0. The summed E-state index contributed by atoms with van der Waals surface area (Å²) < 4.78 is 13.5. The normalized spacial score (nSPS) is 11.1. The quantitative estimate of drug-likeness (QED) is 0.345. The fourth-order valence-corrected chi connectivity index (χ4v) is 3.28. The Morgan fingerprint density at radius 2 is 1.93 bits per heavy atom. The number of nitrogens with one attached hydrogen (secondary N) is 4. The van der Waals surface area contributed by atoms with Gasteiger partial charge in [0.25, 0.3) is 5.91 Å². The van der Waals surface area contributed by atoms with Crippen LogP contribution in [0, 0.1) is 12.7 Å². The van der Waals surface area contributed by atoms with E-state index in [2.05, 4.69) is 30.8 Å². The van der Waals surface area contributed by atoms with Crippen LogP contribution in [0.5, 0.6) is 0 Å². The van der Waals surface area contributed by atoms with Gasteiger partial charge in [-0.1, -0.05) is 6.07 Å². The highest BCUT2D eigenvalue weighted by atomic mass is 19.1. The lowest BCUT2D eigenvalue weighted by molar-refractivity contribution is 0.102. The number of aromatic nitrogens is 4. The lowest BCUT2D eigenvalue weighted by Gasteiger charge is -2.06. The van der Waals surface area contributed by atoms with Crippen LogP contribution in [0.2, 0.25) is 0 Å². The molecule has 0 saturated heterocycles. The van der Waals surface area contributed by atoms with Crippen molar-refractivity contribution in [2.45, 2.75) is 6.92 Å². The van der Waals surface area contributed by atoms with Gasteiger partial charge in [-0.05, 0) is 61.0 Å². The van der Waals surface area contributed by atoms with Crippen LogP contribution in [0.3, 0.4) is 0 Å². The first kappa shape index (κ1) is 17.9. The second-order valence-electron chi connectivity index (χ2n) is 7.03. The Labute approximate surface area is 170 Å². The summed E-state index contributed by atoms with van der Waals surface area (Å²) in [6, 6.07) is 15.3. The summed E-state index contributed by atoms with van der Waals surface area (Å²) in [5, 5.41) is 13.8. The molecule has 0 atom stereocenters. The topological polar surface area (TPSA) is 98.5 Å². The van der Waals surface area contributed by atoms with E-state index in [0.29, 0.717) is 33.9 Å². The number of hydrogen-bond acceptors (Lipinski definition) is 4. The highest BCUT2D eigenvalue weighted by molar-refractivity contribution is 6.06.